The number of imidazole rings is 1. The second-order valence-corrected chi connectivity index (χ2v) is 5.54. The molecule has 0 saturated carbocycles. The van der Waals surface area contributed by atoms with Gasteiger partial charge in [-0.15, -0.1) is 0 Å². The normalized spacial score (nSPS) is 11.2. The minimum absolute atomic E-state index is 0.130. The number of aryl methyl sites for hydroxylation is 1. The smallest absolute Gasteiger partial charge is 0.232 e. The van der Waals surface area contributed by atoms with E-state index in [9.17, 15) is 5.11 Å². The highest BCUT2D eigenvalue weighted by molar-refractivity contribution is 5.76. The Bertz CT molecular complexity index is 936. The molecule has 2 aromatic carbocycles. The fourth-order valence-corrected chi connectivity index (χ4v) is 2.74. The molecule has 0 aliphatic heterocycles. The minimum atomic E-state index is 0.130. The van der Waals surface area contributed by atoms with Gasteiger partial charge in [0.15, 0.2) is 0 Å². The molecule has 0 unspecified atom stereocenters. The molecule has 5 nitrogen and oxygen atoms in total. The van der Waals surface area contributed by atoms with Crippen LogP contribution in [-0.2, 0) is 6.42 Å². The maximum Gasteiger partial charge on any atom is 0.232 e. The van der Waals surface area contributed by atoms with E-state index in [0.717, 1.165) is 27.9 Å². The van der Waals surface area contributed by atoms with Crippen LogP contribution in [0.4, 0.5) is 0 Å². The molecule has 0 aliphatic rings. The van der Waals surface area contributed by atoms with E-state index in [0.29, 0.717) is 12.4 Å². The van der Waals surface area contributed by atoms with Gasteiger partial charge in [0.1, 0.15) is 0 Å². The van der Waals surface area contributed by atoms with Crippen LogP contribution in [0, 0.1) is 6.92 Å². The van der Waals surface area contributed by atoms with E-state index >= 15 is 0 Å². The maximum absolute atomic E-state index is 10.6. The number of nitrogens with one attached hydrogen (secondary N) is 1. The van der Waals surface area contributed by atoms with Crippen molar-refractivity contribution < 1.29 is 5.11 Å². The highest BCUT2D eigenvalue weighted by atomic mass is 16.3. The number of hydrogen-bond acceptors (Lipinski definition) is 3. The van der Waals surface area contributed by atoms with E-state index in [1.54, 1.807) is 0 Å². The summed E-state index contributed by atoms with van der Waals surface area (Å²) >= 11 is 0. The monoisotopic (exact) mass is 304 g/mol. The molecule has 0 bridgehead atoms. The van der Waals surface area contributed by atoms with Gasteiger partial charge in [0.2, 0.25) is 11.8 Å². The lowest BCUT2D eigenvalue weighted by atomic mass is 10.1. The molecule has 5 heteroatoms. The van der Waals surface area contributed by atoms with E-state index in [4.69, 9.17) is 0 Å². The first-order valence-corrected chi connectivity index (χ1v) is 7.49. The van der Waals surface area contributed by atoms with Gasteiger partial charge in [0, 0.05) is 12.0 Å². The Hall–Kier alpha value is -3.08. The first-order valence-electron chi connectivity index (χ1n) is 7.49. The third kappa shape index (κ3) is 2.36. The van der Waals surface area contributed by atoms with Gasteiger partial charge in [0.25, 0.3) is 0 Å². The summed E-state index contributed by atoms with van der Waals surface area (Å²) in [7, 11) is 0. The summed E-state index contributed by atoms with van der Waals surface area (Å²) in [4.78, 5) is 7.68. The molecule has 0 radical (unpaired) electrons. The first kappa shape index (κ1) is 13.6. The summed E-state index contributed by atoms with van der Waals surface area (Å²) in [5.41, 5.74) is 4.51. The van der Waals surface area contributed by atoms with Crippen molar-refractivity contribution >= 4 is 11.0 Å². The first-order chi connectivity index (χ1) is 11.2. The third-order valence-electron chi connectivity index (χ3n) is 3.96. The average molecular weight is 304 g/mol. The Balaban J connectivity index is 1.77. The zero-order valence-electron chi connectivity index (χ0n) is 12.7. The molecule has 2 aromatic heterocycles. The molecule has 23 heavy (non-hydrogen) atoms. The molecule has 0 saturated heterocycles. The number of rotatable bonds is 3. The number of aromatic hydroxyl groups is 1. The Labute approximate surface area is 133 Å². The fraction of sp³-hybridized carbons (Fsp3) is 0.111. The number of nitrogens with zero attached hydrogens (tertiary/aromatic N) is 3. The zero-order valence-corrected chi connectivity index (χ0v) is 12.7. The van der Waals surface area contributed by atoms with Crippen LogP contribution in [0.1, 0.15) is 16.8 Å². The molecule has 2 N–H and O–H groups in total. The van der Waals surface area contributed by atoms with Gasteiger partial charge in [-0.05, 0) is 24.6 Å². The molecule has 114 valence electrons. The van der Waals surface area contributed by atoms with Gasteiger partial charge in [-0.25, -0.2) is 4.98 Å². The number of hydrogen-bond donors (Lipinski definition) is 2. The minimum Gasteiger partial charge on any atom is -0.493 e. The SMILES string of the molecule is Cc1nn(-c2nc3ccccc3[nH]2)c(O)c1Cc1ccccc1. The van der Waals surface area contributed by atoms with E-state index < -0.39 is 0 Å². The third-order valence-corrected chi connectivity index (χ3v) is 3.96. The van der Waals surface area contributed by atoms with E-state index in [1.807, 2.05) is 61.5 Å². The Morgan fingerprint density at radius 1 is 1.04 bits per heavy atom. The fourth-order valence-electron chi connectivity index (χ4n) is 2.74. The average Bonchev–Trinajstić information content (AvgIpc) is 3.12. The van der Waals surface area contributed by atoms with Crippen molar-refractivity contribution in [1.29, 1.82) is 0 Å². The van der Waals surface area contributed by atoms with Crippen molar-refractivity contribution in [2.75, 3.05) is 0 Å². The van der Waals surface area contributed by atoms with E-state index in [-0.39, 0.29) is 5.88 Å². The Kier molecular flexibility index (Phi) is 3.12. The summed E-state index contributed by atoms with van der Waals surface area (Å²) in [5.74, 6) is 0.650. The molecule has 0 fully saturated rings. The van der Waals surface area contributed by atoms with Crippen LogP contribution in [0.2, 0.25) is 0 Å². The number of benzene rings is 2. The quantitative estimate of drug-likeness (QED) is 0.610. The van der Waals surface area contributed by atoms with Crippen molar-refractivity contribution in [2.45, 2.75) is 13.3 Å². The molecule has 2 heterocycles. The van der Waals surface area contributed by atoms with Crippen molar-refractivity contribution in [3.05, 3.63) is 71.4 Å². The van der Waals surface area contributed by atoms with Crippen LogP contribution in [0.15, 0.2) is 54.6 Å². The van der Waals surface area contributed by atoms with E-state index in [1.165, 1.54) is 4.68 Å². The van der Waals surface area contributed by atoms with Gasteiger partial charge >= 0.3 is 0 Å². The Morgan fingerprint density at radius 2 is 1.78 bits per heavy atom. The zero-order chi connectivity index (χ0) is 15.8. The molecule has 0 spiro atoms. The Morgan fingerprint density at radius 3 is 2.57 bits per heavy atom. The van der Waals surface area contributed by atoms with Crippen LogP contribution in [0.3, 0.4) is 0 Å². The van der Waals surface area contributed by atoms with Crippen molar-refractivity contribution in [3.8, 4) is 11.8 Å². The number of aromatic amines is 1. The van der Waals surface area contributed by atoms with Crippen LogP contribution < -0.4 is 0 Å². The van der Waals surface area contributed by atoms with Gasteiger partial charge < -0.3 is 10.1 Å². The lowest BCUT2D eigenvalue weighted by molar-refractivity contribution is 0.426. The number of aromatic nitrogens is 4. The molecular formula is C18H16N4O. The van der Waals surface area contributed by atoms with E-state index in [2.05, 4.69) is 15.1 Å². The van der Waals surface area contributed by atoms with Crippen molar-refractivity contribution in [1.82, 2.24) is 19.7 Å². The molecule has 4 aromatic rings. The predicted molar refractivity (Wildman–Crippen MR) is 88.9 cm³/mol. The summed E-state index contributed by atoms with van der Waals surface area (Å²) in [6.07, 6.45) is 0.638. The maximum atomic E-state index is 10.6. The second kappa shape index (κ2) is 5.28. The molecule has 4 rings (SSSR count). The summed E-state index contributed by atoms with van der Waals surface area (Å²) in [5, 5.41) is 15.0. The highest BCUT2D eigenvalue weighted by Crippen LogP contribution is 2.26. The number of para-hydroxylation sites is 2. The van der Waals surface area contributed by atoms with Gasteiger partial charge in [-0.2, -0.15) is 9.78 Å². The molecule has 0 atom stereocenters. The molecular weight excluding hydrogens is 288 g/mol. The lowest BCUT2D eigenvalue weighted by Gasteiger charge is -2.02. The molecule has 0 amide bonds. The summed E-state index contributed by atoms with van der Waals surface area (Å²) in [6.45, 7) is 1.90. The topological polar surface area (TPSA) is 66.7 Å². The highest BCUT2D eigenvalue weighted by Gasteiger charge is 2.18. The van der Waals surface area contributed by atoms with Crippen molar-refractivity contribution in [2.24, 2.45) is 0 Å². The van der Waals surface area contributed by atoms with Crippen LogP contribution in [0.5, 0.6) is 5.88 Å². The van der Waals surface area contributed by atoms with Crippen LogP contribution >= 0.6 is 0 Å². The van der Waals surface area contributed by atoms with Gasteiger partial charge in [-0.1, -0.05) is 42.5 Å². The summed E-state index contributed by atoms with van der Waals surface area (Å²) in [6, 6.07) is 17.8. The standard InChI is InChI=1S/C18H16N4O/c1-12-14(11-13-7-3-2-4-8-13)17(23)22(21-12)18-19-15-9-5-6-10-16(15)20-18/h2-10,23H,11H2,1H3,(H,19,20). The van der Waals surface area contributed by atoms with Gasteiger partial charge in [-0.3, -0.25) is 0 Å². The molecule has 0 aliphatic carbocycles. The van der Waals surface area contributed by atoms with Gasteiger partial charge in [0.05, 0.1) is 16.7 Å². The van der Waals surface area contributed by atoms with Crippen molar-refractivity contribution in [3.63, 3.8) is 0 Å². The number of H-pyrrole nitrogens is 1. The van der Waals surface area contributed by atoms with Crippen LogP contribution in [-0.4, -0.2) is 24.9 Å². The lowest BCUT2D eigenvalue weighted by Crippen LogP contribution is -1.98. The van der Waals surface area contributed by atoms with Crippen LogP contribution in [0.25, 0.3) is 17.0 Å². The second-order valence-electron chi connectivity index (χ2n) is 5.54. The number of fused-ring (bicyclic) bond motifs is 1. The predicted octanol–water partition coefficient (Wildman–Crippen LogP) is 3.35. The summed E-state index contributed by atoms with van der Waals surface area (Å²) < 4.78 is 1.47. The largest absolute Gasteiger partial charge is 0.493 e.